The second kappa shape index (κ2) is 21.8. The average Bonchev–Trinajstić information content (AvgIpc) is 3.44. The molecule has 0 saturated heterocycles. The van der Waals surface area contributed by atoms with Crippen molar-refractivity contribution in [2.24, 2.45) is 11.8 Å². The summed E-state index contributed by atoms with van der Waals surface area (Å²) in [6, 6.07) is -0.229. The molecule has 1 aliphatic heterocycles. The predicted molar refractivity (Wildman–Crippen MR) is 167 cm³/mol. The molecule has 6 atom stereocenters. The van der Waals surface area contributed by atoms with Gasteiger partial charge in [-0.05, 0) is 70.7 Å². The van der Waals surface area contributed by atoms with E-state index in [9.17, 15) is 14.3 Å². The molecule has 0 radical (unpaired) electrons. The molecule has 6 nitrogen and oxygen atoms in total. The molecule has 2 N–H and O–H groups in total. The van der Waals surface area contributed by atoms with Crippen LogP contribution in [-0.4, -0.2) is 47.5 Å². The number of Topliss-reactive ketones (excluding diaryl/α,β-unsaturated/α-hetero) is 1. The van der Waals surface area contributed by atoms with E-state index in [2.05, 4.69) is 23.3 Å². The molecule has 1 aliphatic rings. The van der Waals surface area contributed by atoms with Gasteiger partial charge < -0.3 is 19.9 Å². The number of aromatic nitrogens is 1. The number of nitrogens with one attached hydrogen (secondary N) is 1. The lowest BCUT2D eigenvalue weighted by Crippen LogP contribution is -2.42. The van der Waals surface area contributed by atoms with Crippen LogP contribution in [0.1, 0.15) is 105 Å². The number of allylic oxidation sites excluding steroid dienone is 2. The van der Waals surface area contributed by atoms with Crippen molar-refractivity contribution in [1.29, 1.82) is 0 Å². The Morgan fingerprint density at radius 3 is 2.52 bits per heavy atom. The molecule has 0 aliphatic carbocycles. The minimum atomic E-state index is -0.777. The number of ether oxygens (including phenoxy) is 2. The summed E-state index contributed by atoms with van der Waals surface area (Å²) in [5, 5.41) is 16.2. The number of aliphatic hydroxyl groups is 1. The molecule has 2 rings (SSSR count). The Morgan fingerprint density at radius 1 is 1.25 bits per heavy atom. The van der Waals surface area contributed by atoms with Crippen molar-refractivity contribution in [2.75, 3.05) is 7.11 Å². The normalized spacial score (nSPS) is 29.6. The van der Waals surface area contributed by atoms with E-state index in [1.807, 2.05) is 72.2 Å². The van der Waals surface area contributed by atoms with E-state index >= 15 is 0 Å². The van der Waals surface area contributed by atoms with E-state index in [0.717, 1.165) is 24.1 Å². The molecule has 0 bridgehead atoms. The van der Waals surface area contributed by atoms with Crippen LogP contribution in [0.2, 0.25) is 0 Å². The van der Waals surface area contributed by atoms with Gasteiger partial charge in [0.1, 0.15) is 17.5 Å². The van der Waals surface area contributed by atoms with E-state index in [0.29, 0.717) is 24.3 Å². The molecule has 6 unspecified atom stereocenters. The molecule has 8 heteroatoms. The monoisotopic (exact) mass is 582 g/mol. The van der Waals surface area contributed by atoms with Gasteiger partial charge in [-0.1, -0.05) is 59.3 Å². The number of hydrogen-bond acceptors (Lipinski definition) is 7. The zero-order valence-corrected chi connectivity index (χ0v) is 27.3. The van der Waals surface area contributed by atoms with Gasteiger partial charge in [0.05, 0.1) is 17.9 Å². The Hall–Kier alpha value is -1.87. The van der Waals surface area contributed by atoms with Gasteiger partial charge in [-0.15, -0.1) is 11.3 Å². The first-order valence-corrected chi connectivity index (χ1v) is 15.7. The van der Waals surface area contributed by atoms with Crippen LogP contribution in [-0.2, 0) is 20.9 Å². The van der Waals surface area contributed by atoms with Crippen molar-refractivity contribution < 1.29 is 23.8 Å². The fourth-order valence-corrected chi connectivity index (χ4v) is 4.85. The third kappa shape index (κ3) is 13.7. The number of alkyl halides is 1. The van der Waals surface area contributed by atoms with Crippen molar-refractivity contribution in [1.82, 2.24) is 10.3 Å². The topological polar surface area (TPSA) is 80.7 Å². The summed E-state index contributed by atoms with van der Waals surface area (Å²) in [4.78, 5) is 17.3. The zero-order chi connectivity index (χ0) is 30.7. The van der Waals surface area contributed by atoms with Gasteiger partial charge in [0.15, 0.2) is 6.29 Å². The Labute approximate surface area is 247 Å². The van der Waals surface area contributed by atoms with Crippen LogP contribution in [0.4, 0.5) is 4.39 Å². The first-order chi connectivity index (χ1) is 19.2. The van der Waals surface area contributed by atoms with E-state index in [1.54, 1.807) is 14.0 Å². The van der Waals surface area contributed by atoms with Crippen LogP contribution < -0.4 is 5.32 Å². The van der Waals surface area contributed by atoms with Crippen molar-refractivity contribution in [2.45, 2.75) is 126 Å². The first kappa shape index (κ1) is 38.1. The molecule has 1 aromatic heterocycles. The van der Waals surface area contributed by atoms with E-state index in [-0.39, 0.29) is 23.8 Å². The highest BCUT2D eigenvalue weighted by molar-refractivity contribution is 7.09. The number of thiazole rings is 1. The number of nitrogens with zero attached hydrogens (tertiary/aromatic N) is 1. The third-order valence-corrected chi connectivity index (χ3v) is 7.64. The second-order valence-electron chi connectivity index (χ2n) is 9.82. The maximum atomic E-state index is 13.0. The fourth-order valence-electron chi connectivity index (χ4n) is 4.25. The minimum absolute atomic E-state index is 0.0366. The quantitative estimate of drug-likeness (QED) is 0.350. The number of ketones is 1. The highest BCUT2D eigenvalue weighted by atomic mass is 32.1. The van der Waals surface area contributed by atoms with E-state index in [4.69, 9.17) is 9.47 Å². The molecule has 230 valence electrons. The predicted octanol–water partition coefficient (Wildman–Crippen LogP) is 8.03. The molecule has 0 saturated carbocycles. The summed E-state index contributed by atoms with van der Waals surface area (Å²) in [6.45, 7) is 17.1. The van der Waals surface area contributed by atoms with Gasteiger partial charge >= 0.3 is 0 Å². The van der Waals surface area contributed by atoms with Crippen LogP contribution in [0.15, 0.2) is 34.9 Å². The van der Waals surface area contributed by atoms with Crippen LogP contribution in [0.5, 0.6) is 0 Å². The number of carbonyl (C=O) groups is 1. The Bertz CT molecular complexity index is 914. The summed E-state index contributed by atoms with van der Waals surface area (Å²) >= 11 is 1.30. The molecule has 0 spiro atoms. The van der Waals surface area contributed by atoms with Crippen molar-refractivity contribution in [3.05, 3.63) is 45.6 Å². The molecular formula is C32H55FN2O4S. The standard InChI is InChI=1S/C28H43FN2O4S.2C2H6/c1-18-9-7-8-14-30-22(5)28(33)21(4)27(32)19(2)11-13-26(34-6)35-24(12-10-18)20(3)15-23-17-36-25(16-29)31-23;2*1-2/h8,10,14-15,17,19,21-22,24,26,28,30,33H,7,9,11-13,16H2,1-6H3;2*1-2H3/b14-8-,18-10-,20-15+;;. The molecule has 0 amide bonds. The molecule has 0 aromatic carbocycles. The lowest BCUT2D eigenvalue weighted by atomic mass is 9.86. The van der Waals surface area contributed by atoms with E-state index in [1.165, 1.54) is 16.9 Å². The minimum Gasteiger partial charge on any atom is -0.390 e. The van der Waals surface area contributed by atoms with Crippen molar-refractivity contribution in [3.63, 3.8) is 0 Å². The number of halogens is 1. The molecular weight excluding hydrogens is 527 g/mol. The van der Waals surface area contributed by atoms with Crippen LogP contribution in [0, 0.1) is 11.8 Å². The molecule has 1 aromatic rings. The van der Waals surface area contributed by atoms with Crippen LogP contribution in [0.25, 0.3) is 6.08 Å². The molecule has 40 heavy (non-hydrogen) atoms. The number of carbonyl (C=O) groups excluding carboxylic acids is 1. The van der Waals surface area contributed by atoms with Crippen molar-refractivity contribution in [3.8, 4) is 0 Å². The number of methoxy groups -OCH3 is 1. The fraction of sp³-hybridized carbons (Fsp3) is 0.688. The Kier molecular flexibility index (Phi) is 20.8. The van der Waals surface area contributed by atoms with Gasteiger partial charge in [-0.2, -0.15) is 0 Å². The van der Waals surface area contributed by atoms with Gasteiger partial charge in [0.2, 0.25) is 0 Å². The highest BCUT2D eigenvalue weighted by Crippen LogP contribution is 2.24. The largest absolute Gasteiger partial charge is 0.390 e. The summed E-state index contributed by atoms with van der Waals surface area (Å²) in [5.74, 6) is -0.675. The average molecular weight is 583 g/mol. The summed E-state index contributed by atoms with van der Waals surface area (Å²) in [7, 11) is 1.61. The smallest absolute Gasteiger partial charge is 0.158 e. The van der Waals surface area contributed by atoms with Gasteiger partial charge in [0, 0.05) is 30.4 Å². The number of rotatable bonds is 4. The van der Waals surface area contributed by atoms with E-state index < -0.39 is 25.0 Å². The molecule has 0 fully saturated rings. The first-order valence-electron chi connectivity index (χ1n) is 14.8. The lowest BCUT2D eigenvalue weighted by Gasteiger charge is -2.28. The Balaban J connectivity index is 0.00000363. The SMILES string of the molecule is CC.CC.COC1CCC(C)C(=O)C(C)C(O)C(C)N/C=C\CC/C(C)=C\CC(/C(C)=C/c2csc(CF)n2)O1. The third-order valence-electron chi connectivity index (χ3n) is 6.80. The van der Waals surface area contributed by atoms with Gasteiger partial charge in [-0.3, -0.25) is 4.79 Å². The Morgan fingerprint density at radius 2 is 1.93 bits per heavy atom. The maximum absolute atomic E-state index is 13.0. The summed E-state index contributed by atoms with van der Waals surface area (Å²) in [5.41, 5.74) is 2.96. The number of aliphatic hydroxyl groups excluding tert-OH is 1. The molecule has 2 heterocycles. The second-order valence-corrected chi connectivity index (χ2v) is 10.8. The van der Waals surface area contributed by atoms with Gasteiger partial charge in [-0.25, -0.2) is 9.37 Å². The maximum Gasteiger partial charge on any atom is 0.158 e. The van der Waals surface area contributed by atoms with Crippen LogP contribution in [0.3, 0.4) is 0 Å². The van der Waals surface area contributed by atoms with Gasteiger partial charge in [0.25, 0.3) is 0 Å². The zero-order valence-electron chi connectivity index (χ0n) is 26.5. The number of hydrogen-bond donors (Lipinski definition) is 2. The summed E-state index contributed by atoms with van der Waals surface area (Å²) < 4.78 is 25.0. The van der Waals surface area contributed by atoms with Crippen molar-refractivity contribution >= 4 is 23.2 Å². The summed E-state index contributed by atoms with van der Waals surface area (Å²) in [6.07, 6.45) is 10.1. The highest BCUT2D eigenvalue weighted by Gasteiger charge is 2.30. The van der Waals surface area contributed by atoms with Crippen LogP contribution >= 0.6 is 11.3 Å². The lowest BCUT2D eigenvalue weighted by molar-refractivity contribution is -0.151.